The van der Waals surface area contributed by atoms with Gasteiger partial charge in [-0.05, 0) is 171 Å². The summed E-state index contributed by atoms with van der Waals surface area (Å²) in [6.07, 6.45) is 9.92. The third-order valence-corrected chi connectivity index (χ3v) is 26.1. The molecule has 5 saturated carbocycles. The first-order chi connectivity index (χ1) is 39.2. The number of hydrogen-bond donors (Lipinski definition) is 10. The number of carbonyl (C=O) groups is 3. The summed E-state index contributed by atoms with van der Waals surface area (Å²) in [4.78, 5) is 52.5. The summed E-state index contributed by atoms with van der Waals surface area (Å²) >= 11 is 0. The molecule has 4 bridgehead atoms. The molecule has 0 amide bonds. The maximum absolute atomic E-state index is 16.2. The summed E-state index contributed by atoms with van der Waals surface area (Å²) < 4.78 is 5.98. The molecule has 82 heavy (non-hydrogen) atoms. The van der Waals surface area contributed by atoms with Crippen LogP contribution in [0.5, 0.6) is 5.75 Å². The van der Waals surface area contributed by atoms with Gasteiger partial charge in [-0.25, -0.2) is 0 Å². The molecule has 2 aromatic rings. The molecule has 3 heterocycles. The Morgan fingerprint density at radius 1 is 0.878 bits per heavy atom. The average molecular weight is 1160 g/mol. The number of ether oxygens (including phenoxy) is 1. The van der Waals surface area contributed by atoms with Gasteiger partial charge in [0.1, 0.15) is 5.75 Å². The fraction of sp³-hybridized carbons (Fsp3) is 0.692. The third-order valence-electron chi connectivity index (χ3n) is 23.5. The van der Waals surface area contributed by atoms with Crippen molar-refractivity contribution in [2.45, 2.75) is 153 Å². The number of esters is 1. The molecule has 2 saturated heterocycles. The van der Waals surface area contributed by atoms with Gasteiger partial charge in [-0.1, -0.05) is 72.1 Å². The number of nitrogens with one attached hydrogen (secondary N) is 2. The number of phenols is 1. The first-order valence-electron chi connectivity index (χ1n) is 30.7. The summed E-state index contributed by atoms with van der Waals surface area (Å²) in [6, 6.07) is 8.84. The number of carbonyl (C=O) groups excluding carboxylic acids is 3. The minimum atomic E-state index is -1.86. The number of aliphatic imine (C=N–C) groups is 1. The number of rotatable bonds is 5. The molecule has 0 unspecified atom stereocenters. The number of phenolic OH excluding ortho intramolecular Hbond substituents is 1. The lowest BCUT2D eigenvalue weighted by atomic mass is 9.37. The number of guanidine groups is 1. The molecule has 1 aromatic heterocycles. The topological polar surface area (TPSA) is 274 Å². The van der Waals surface area contributed by atoms with E-state index in [1.165, 1.54) is 16.4 Å². The molecule has 0 radical (unpaired) electrons. The molecule has 7 fully saturated rings. The van der Waals surface area contributed by atoms with E-state index in [-0.39, 0.29) is 122 Å². The zero-order valence-corrected chi connectivity index (χ0v) is 49.7. The van der Waals surface area contributed by atoms with Gasteiger partial charge in [-0.2, -0.15) is 0 Å². The fourth-order valence-corrected chi connectivity index (χ4v) is 22.9. The number of aromatic hydroxyl groups is 1. The Balaban J connectivity index is 1.03. The number of fused-ring (bicyclic) bond motifs is 10. The number of benzene rings is 1. The molecular formula is C65H87N5O10S2. The Hall–Kier alpha value is -4.28. The molecule has 17 heteroatoms. The lowest BCUT2D eigenvalue weighted by Gasteiger charge is -2.68. The van der Waals surface area contributed by atoms with Crippen molar-refractivity contribution in [3.05, 3.63) is 76.8 Å². The van der Waals surface area contributed by atoms with Crippen molar-refractivity contribution < 1.29 is 49.8 Å². The van der Waals surface area contributed by atoms with E-state index in [1.807, 2.05) is 30.6 Å². The van der Waals surface area contributed by atoms with Crippen molar-refractivity contribution in [2.24, 2.45) is 110 Å². The van der Waals surface area contributed by atoms with Crippen LogP contribution in [0, 0.1) is 106 Å². The number of nitrogens with two attached hydrogens (primary N) is 2. The highest BCUT2D eigenvalue weighted by molar-refractivity contribution is 8.76. The molecule has 12 N–H and O–H groups in total. The molecule has 1 spiro atoms. The van der Waals surface area contributed by atoms with Gasteiger partial charge in [0.25, 0.3) is 0 Å². The minimum Gasteiger partial charge on any atom is -0.508 e. The van der Waals surface area contributed by atoms with Gasteiger partial charge in [-0.15, -0.1) is 5.92 Å². The lowest BCUT2D eigenvalue weighted by Crippen LogP contribution is -2.71. The van der Waals surface area contributed by atoms with Crippen LogP contribution in [0.3, 0.4) is 0 Å². The fourth-order valence-electron chi connectivity index (χ4n) is 20.1. The number of aliphatic hydroxyl groups is 5. The van der Waals surface area contributed by atoms with Crippen molar-refractivity contribution in [2.75, 3.05) is 31.2 Å². The number of hydrogen-bond acceptors (Lipinski definition) is 14. The predicted molar refractivity (Wildman–Crippen MR) is 316 cm³/mol. The van der Waals surface area contributed by atoms with Crippen molar-refractivity contribution in [1.29, 1.82) is 0 Å². The molecule has 8 aliphatic carbocycles. The summed E-state index contributed by atoms with van der Waals surface area (Å²) in [5.41, 5.74) is 10.4. The Labute approximate surface area is 490 Å². The van der Waals surface area contributed by atoms with Gasteiger partial charge in [0.15, 0.2) is 17.5 Å². The van der Waals surface area contributed by atoms with E-state index in [2.05, 4.69) is 49.0 Å². The number of aromatic amines is 1. The number of Topliss-reactive ketones (excluding diaryl/α,β-unsaturated/α-hetero) is 2. The van der Waals surface area contributed by atoms with Gasteiger partial charge < -0.3 is 57.1 Å². The second kappa shape index (κ2) is 22.2. The number of ketones is 2. The van der Waals surface area contributed by atoms with Crippen LogP contribution in [0.1, 0.15) is 134 Å². The molecule has 2 aliphatic heterocycles. The number of nitrogens with zero attached hydrogens (tertiary/aromatic N) is 1. The van der Waals surface area contributed by atoms with E-state index >= 15 is 4.79 Å². The Kier molecular flexibility index (Phi) is 15.7. The average Bonchev–Trinajstić information content (AvgIpc) is 1.74. The van der Waals surface area contributed by atoms with E-state index in [0.717, 1.165) is 43.2 Å². The van der Waals surface area contributed by atoms with Crippen LogP contribution in [0.15, 0.2) is 70.6 Å². The molecule has 10 aliphatic rings. The van der Waals surface area contributed by atoms with Crippen molar-refractivity contribution in [1.82, 2.24) is 10.3 Å². The van der Waals surface area contributed by atoms with Gasteiger partial charge in [0, 0.05) is 84.2 Å². The number of aromatic nitrogens is 1. The lowest BCUT2D eigenvalue weighted by molar-refractivity contribution is -0.230. The maximum Gasteiger partial charge on any atom is 0.313 e. The Morgan fingerprint density at radius 2 is 1.66 bits per heavy atom. The summed E-state index contributed by atoms with van der Waals surface area (Å²) in [5.74, 6) is 3.85. The van der Waals surface area contributed by atoms with Gasteiger partial charge in [0.2, 0.25) is 0 Å². The standard InChI is InChI=1S/C65H87N5O10S2/c1-33-8-9-36-13-17-45-34(2)21-51(74)63(4,78)59-39(7-5-6-37(23-47(45)46(36)20-33)48-30-80-60(77)52(48)40-18-19-68-27-40)25-65(79)55-53(38-10-14-42(28-70-61(66)67)64(59,65)24-38)62(3)26-50(73)57(75)49-32-82-81-31-41(35-11-15-43(71)16-12-35)22-44(72)29-69-56(55)58(76)54(49)62/h11-13,15-16,18-19,27,33-34,37-39,41-42,45-54,57,59,68-69,71,73-75,78-79H,7-10,14,17,20-26,28-32H2,1-4H3,(H4,66,67,70)/t33-,34-,37-,38-,39+,41+,42+,45+,46+,47-,48-,49+,50+,51-,52+,53+,54+,57-,59-,62-,63+,64+,65-/m1/s1. The molecule has 15 nitrogen and oxygen atoms in total. The number of aliphatic hydroxyl groups excluding tert-OH is 3. The zero-order valence-electron chi connectivity index (χ0n) is 48.1. The Bertz CT molecular complexity index is 2930. The van der Waals surface area contributed by atoms with Crippen LogP contribution in [0.25, 0.3) is 0 Å². The highest BCUT2D eigenvalue weighted by Gasteiger charge is 2.79. The smallest absolute Gasteiger partial charge is 0.313 e. The largest absolute Gasteiger partial charge is 0.508 e. The zero-order chi connectivity index (χ0) is 57.8. The summed E-state index contributed by atoms with van der Waals surface area (Å²) in [6.45, 7) is 8.55. The van der Waals surface area contributed by atoms with Crippen molar-refractivity contribution in [3.8, 4) is 17.6 Å². The summed E-state index contributed by atoms with van der Waals surface area (Å²) in [7, 11) is 3.10. The van der Waals surface area contributed by atoms with E-state index in [0.29, 0.717) is 54.6 Å². The molecule has 444 valence electrons. The highest BCUT2D eigenvalue weighted by atomic mass is 33.1. The molecule has 23 atom stereocenters. The highest BCUT2D eigenvalue weighted by Crippen LogP contribution is 2.77. The van der Waals surface area contributed by atoms with Crippen LogP contribution in [-0.4, -0.2) is 120 Å². The van der Waals surface area contributed by atoms with E-state index < -0.39 is 81.8 Å². The van der Waals surface area contributed by atoms with Crippen LogP contribution < -0.4 is 16.8 Å². The second-order valence-electron chi connectivity index (χ2n) is 27.9. The first-order valence-corrected chi connectivity index (χ1v) is 33.2. The van der Waals surface area contributed by atoms with E-state index in [9.17, 15) is 40.2 Å². The van der Waals surface area contributed by atoms with Gasteiger partial charge in [-0.3, -0.25) is 19.4 Å². The van der Waals surface area contributed by atoms with Crippen molar-refractivity contribution >= 4 is 45.1 Å². The first kappa shape index (κ1) is 58.1. The van der Waals surface area contributed by atoms with Gasteiger partial charge in [0.05, 0.1) is 54.3 Å². The molecular weight excluding hydrogens is 1070 g/mol. The van der Waals surface area contributed by atoms with E-state index in [4.69, 9.17) is 21.2 Å². The molecule has 1 aromatic carbocycles. The second-order valence-corrected chi connectivity index (χ2v) is 30.5. The van der Waals surface area contributed by atoms with Gasteiger partial charge >= 0.3 is 5.97 Å². The minimum absolute atomic E-state index is 0.0486. The van der Waals surface area contributed by atoms with Crippen LogP contribution in [-0.2, 0) is 19.1 Å². The van der Waals surface area contributed by atoms with Crippen molar-refractivity contribution in [3.63, 3.8) is 0 Å². The maximum atomic E-state index is 16.2. The monoisotopic (exact) mass is 1160 g/mol. The number of cyclic esters (lactones) is 1. The quantitative estimate of drug-likeness (QED) is 0.0356. The van der Waals surface area contributed by atoms with Crippen LogP contribution in [0.2, 0.25) is 0 Å². The Morgan fingerprint density at radius 3 is 2.41 bits per heavy atom. The third kappa shape index (κ3) is 9.61. The number of H-pyrrole nitrogens is 1. The van der Waals surface area contributed by atoms with E-state index in [1.54, 1.807) is 29.9 Å². The number of allylic oxidation sites excluding steroid dienone is 3. The normalized spacial score (nSPS) is 45.7. The predicted octanol–water partition coefficient (Wildman–Crippen LogP) is 7.13. The molecule has 12 rings (SSSR count). The SMILES string of the molecule is C[C@@H]1CCC2=CC[C@@H]3[C@@H](C[C@H]([C@H]4COC(=O)[C@H]4c4cc[nH]c4)C#CC[C@H]4C[C@@]5(O)C6=C7NCC(=O)C[C@H](c8ccc(O)cc8)CSSC[C@@H]8[C@@H](O)[C@@H](O)C[C@](C)([C@H]6[C@@H]6CC[C@@H](CN=C(N)N)[C@@]5(C6)[C@H]4[C@@](C)(O)[C@H](O)C[C@H]3C)[C@@H]8C7=O)[C@H]2C1. The van der Waals surface area contributed by atoms with Crippen LogP contribution >= 0.6 is 21.6 Å². The summed E-state index contributed by atoms with van der Waals surface area (Å²) in [5, 5.41) is 80.0. The van der Waals surface area contributed by atoms with Crippen LogP contribution in [0.4, 0.5) is 0 Å².